The third-order valence-electron chi connectivity index (χ3n) is 12.5. The van der Waals surface area contributed by atoms with E-state index in [4.69, 9.17) is 4.42 Å². The Labute approximate surface area is 366 Å². The zero-order chi connectivity index (χ0) is 41.7. The Morgan fingerprint density at radius 2 is 0.730 bits per heavy atom. The van der Waals surface area contributed by atoms with E-state index in [2.05, 4.69) is 240 Å². The Hall–Kier alpha value is -8.40. The van der Waals surface area contributed by atoms with Crippen molar-refractivity contribution in [2.24, 2.45) is 0 Å². The molecule has 0 N–H and O–H groups in total. The zero-order valence-corrected chi connectivity index (χ0v) is 34.4. The Balaban J connectivity index is 0.889. The minimum Gasteiger partial charge on any atom is -0.456 e. The lowest BCUT2D eigenvalue weighted by Crippen LogP contribution is -2.11. The van der Waals surface area contributed by atoms with Gasteiger partial charge in [-0.3, -0.25) is 0 Å². The number of para-hydroxylation sites is 4. The van der Waals surface area contributed by atoms with Crippen molar-refractivity contribution in [1.82, 2.24) is 4.57 Å². The molecule has 3 heteroatoms. The summed E-state index contributed by atoms with van der Waals surface area (Å²) in [6, 6.07) is 87.0. The van der Waals surface area contributed by atoms with Crippen LogP contribution in [0, 0.1) is 0 Å². The van der Waals surface area contributed by atoms with Gasteiger partial charge < -0.3 is 13.9 Å². The van der Waals surface area contributed by atoms with E-state index >= 15 is 0 Å². The normalized spacial score (nSPS) is 11.5. The van der Waals surface area contributed by atoms with Crippen molar-refractivity contribution >= 4 is 60.8 Å². The molecule has 10 aromatic carbocycles. The highest BCUT2D eigenvalue weighted by Crippen LogP contribution is 2.45. The van der Waals surface area contributed by atoms with Gasteiger partial charge in [-0.1, -0.05) is 176 Å². The highest BCUT2D eigenvalue weighted by Gasteiger charge is 2.21. The van der Waals surface area contributed by atoms with Crippen LogP contribution in [0.2, 0.25) is 0 Å². The van der Waals surface area contributed by atoms with Crippen LogP contribution in [0.4, 0.5) is 17.1 Å². The van der Waals surface area contributed by atoms with Crippen LogP contribution in [0.25, 0.3) is 93.9 Å². The molecule has 3 nitrogen and oxygen atoms in total. The molecule has 0 saturated carbocycles. The van der Waals surface area contributed by atoms with Crippen LogP contribution in [0.3, 0.4) is 0 Å². The Morgan fingerprint density at radius 1 is 0.302 bits per heavy atom. The van der Waals surface area contributed by atoms with Crippen LogP contribution in [-0.2, 0) is 0 Å². The number of furan rings is 1. The smallest absolute Gasteiger partial charge is 0.136 e. The maximum atomic E-state index is 6.36. The van der Waals surface area contributed by atoms with Gasteiger partial charge in [-0.15, -0.1) is 0 Å². The lowest BCUT2D eigenvalue weighted by Gasteiger charge is -2.28. The SMILES string of the molecule is c1ccc(-c2ccc(N(c3ccc(-c4ccc(-c5ccc(-n6c7ccccc7c7ccccc76)cc5)cc4)cc3)c3ccccc3-c3cccc4oc5ccccc5c34)cc2)cc1. The quantitative estimate of drug-likeness (QED) is 0.153. The van der Waals surface area contributed by atoms with E-state index in [1.54, 1.807) is 0 Å². The second kappa shape index (κ2) is 15.3. The molecule has 0 amide bonds. The van der Waals surface area contributed by atoms with Crippen molar-refractivity contribution in [3.63, 3.8) is 0 Å². The van der Waals surface area contributed by atoms with Crippen molar-refractivity contribution in [1.29, 1.82) is 0 Å². The molecule has 63 heavy (non-hydrogen) atoms. The number of hydrogen-bond acceptors (Lipinski definition) is 2. The number of rotatable bonds is 8. The van der Waals surface area contributed by atoms with Gasteiger partial charge in [-0.05, 0) is 106 Å². The van der Waals surface area contributed by atoms with E-state index in [1.165, 1.54) is 49.6 Å². The van der Waals surface area contributed by atoms with Gasteiger partial charge in [-0.25, -0.2) is 0 Å². The maximum absolute atomic E-state index is 6.36. The molecule has 0 bridgehead atoms. The summed E-state index contributed by atoms with van der Waals surface area (Å²) in [5.41, 5.74) is 18.0. The predicted octanol–water partition coefficient (Wildman–Crippen LogP) is 16.8. The molecule has 0 unspecified atom stereocenters. The number of benzene rings is 10. The average molecular weight is 805 g/mol. The molecule has 0 fully saturated rings. The van der Waals surface area contributed by atoms with E-state index < -0.39 is 0 Å². The largest absolute Gasteiger partial charge is 0.456 e. The average Bonchev–Trinajstić information content (AvgIpc) is 3.91. The summed E-state index contributed by atoms with van der Waals surface area (Å²) in [6.07, 6.45) is 0. The number of fused-ring (bicyclic) bond motifs is 6. The molecule has 0 spiro atoms. The molecule has 2 aromatic heterocycles. The fourth-order valence-electron chi connectivity index (χ4n) is 9.42. The first kappa shape index (κ1) is 36.5. The number of aromatic nitrogens is 1. The second-order valence-electron chi connectivity index (χ2n) is 16.1. The van der Waals surface area contributed by atoms with Gasteiger partial charge >= 0.3 is 0 Å². The van der Waals surface area contributed by atoms with Gasteiger partial charge in [-0.2, -0.15) is 0 Å². The van der Waals surface area contributed by atoms with Gasteiger partial charge in [0.25, 0.3) is 0 Å². The van der Waals surface area contributed by atoms with Crippen LogP contribution < -0.4 is 4.90 Å². The van der Waals surface area contributed by atoms with Crippen LogP contribution in [-0.4, -0.2) is 4.57 Å². The molecule has 0 atom stereocenters. The highest BCUT2D eigenvalue weighted by atomic mass is 16.3. The molecular weight excluding hydrogens is 765 g/mol. The van der Waals surface area contributed by atoms with Crippen molar-refractivity contribution in [2.45, 2.75) is 0 Å². The monoisotopic (exact) mass is 804 g/mol. The Kier molecular flexibility index (Phi) is 8.83. The van der Waals surface area contributed by atoms with Crippen LogP contribution in [0.1, 0.15) is 0 Å². The van der Waals surface area contributed by atoms with E-state index in [0.29, 0.717) is 0 Å². The summed E-state index contributed by atoms with van der Waals surface area (Å²) in [4.78, 5) is 2.38. The molecule has 0 aliphatic rings. The summed E-state index contributed by atoms with van der Waals surface area (Å²) in [5, 5.41) is 4.78. The van der Waals surface area contributed by atoms with Crippen LogP contribution in [0.15, 0.2) is 247 Å². The van der Waals surface area contributed by atoms with Gasteiger partial charge in [0.2, 0.25) is 0 Å². The summed E-state index contributed by atoms with van der Waals surface area (Å²) in [5.74, 6) is 0. The fourth-order valence-corrected chi connectivity index (χ4v) is 9.42. The third kappa shape index (κ3) is 6.38. The van der Waals surface area contributed by atoms with Crippen molar-refractivity contribution < 1.29 is 4.42 Å². The fraction of sp³-hybridized carbons (Fsp3) is 0. The van der Waals surface area contributed by atoms with Gasteiger partial charge in [0.1, 0.15) is 11.2 Å². The minimum absolute atomic E-state index is 0.883. The predicted molar refractivity (Wildman–Crippen MR) is 264 cm³/mol. The molecule has 0 aliphatic carbocycles. The summed E-state index contributed by atoms with van der Waals surface area (Å²) in [6.45, 7) is 0. The van der Waals surface area contributed by atoms with Crippen molar-refractivity contribution in [2.75, 3.05) is 4.90 Å². The summed E-state index contributed by atoms with van der Waals surface area (Å²) in [7, 11) is 0. The van der Waals surface area contributed by atoms with Crippen molar-refractivity contribution in [3.05, 3.63) is 243 Å². The second-order valence-corrected chi connectivity index (χ2v) is 16.1. The standard InChI is InChI=1S/C60H40N2O/c1-2-13-41(14-3-1)44-29-35-47(36-30-44)61(55-20-8-6-17-52(55)53-19-12-24-59-60(53)54-18-7-11-23-58(54)63-59)48-37-31-45(32-38-48)42-25-27-43(28-26-42)46-33-39-49(40-34-46)62-56-21-9-4-15-50(56)51-16-5-10-22-57(51)62/h1-40H. The molecular formula is C60H40N2O. The van der Waals surface area contributed by atoms with Crippen LogP contribution >= 0.6 is 0 Å². The lowest BCUT2D eigenvalue weighted by atomic mass is 9.96. The van der Waals surface area contributed by atoms with E-state index in [-0.39, 0.29) is 0 Å². The lowest BCUT2D eigenvalue weighted by molar-refractivity contribution is 0.669. The molecule has 2 heterocycles. The molecule has 12 aromatic rings. The molecule has 296 valence electrons. The molecule has 0 radical (unpaired) electrons. The maximum Gasteiger partial charge on any atom is 0.136 e. The van der Waals surface area contributed by atoms with E-state index in [1.807, 2.05) is 12.1 Å². The summed E-state index contributed by atoms with van der Waals surface area (Å²) < 4.78 is 8.72. The first-order valence-electron chi connectivity index (χ1n) is 21.5. The molecule has 0 saturated heterocycles. The summed E-state index contributed by atoms with van der Waals surface area (Å²) >= 11 is 0. The minimum atomic E-state index is 0.883. The third-order valence-corrected chi connectivity index (χ3v) is 12.5. The zero-order valence-electron chi connectivity index (χ0n) is 34.4. The molecule has 12 rings (SSSR count). The highest BCUT2D eigenvalue weighted by molar-refractivity contribution is 6.14. The van der Waals surface area contributed by atoms with Gasteiger partial charge in [0, 0.05) is 44.2 Å². The van der Waals surface area contributed by atoms with Gasteiger partial charge in [0.15, 0.2) is 0 Å². The Morgan fingerprint density at radius 3 is 1.33 bits per heavy atom. The Bertz CT molecular complexity index is 3530. The van der Waals surface area contributed by atoms with E-state index in [9.17, 15) is 0 Å². The number of hydrogen-bond donors (Lipinski definition) is 0. The molecule has 0 aliphatic heterocycles. The number of anilines is 3. The van der Waals surface area contributed by atoms with E-state index in [0.717, 1.165) is 61.4 Å². The number of nitrogens with zero attached hydrogens (tertiary/aromatic N) is 2. The topological polar surface area (TPSA) is 21.3 Å². The van der Waals surface area contributed by atoms with Crippen LogP contribution in [0.5, 0.6) is 0 Å². The van der Waals surface area contributed by atoms with Crippen molar-refractivity contribution in [3.8, 4) is 50.2 Å². The van der Waals surface area contributed by atoms with Gasteiger partial charge in [0.05, 0.1) is 16.7 Å². The first-order valence-corrected chi connectivity index (χ1v) is 21.5. The first-order chi connectivity index (χ1) is 31.2.